The van der Waals surface area contributed by atoms with Crippen molar-refractivity contribution in [2.24, 2.45) is 4.99 Å². The fraction of sp³-hybridized carbons (Fsp3) is 0.474. The molecule has 0 spiro atoms. The maximum Gasteiger partial charge on any atom is 0.229 e. The second-order valence-corrected chi connectivity index (χ2v) is 6.55. The van der Waals surface area contributed by atoms with Crippen molar-refractivity contribution in [2.45, 2.75) is 38.8 Å². The first kappa shape index (κ1) is 22.1. The molecule has 1 aliphatic rings. The number of aromatic nitrogens is 3. The zero-order valence-corrected chi connectivity index (χ0v) is 18.5. The number of benzene rings is 1. The van der Waals surface area contributed by atoms with Crippen LogP contribution in [0.3, 0.4) is 0 Å². The van der Waals surface area contributed by atoms with E-state index >= 15 is 0 Å². The molecule has 0 saturated carbocycles. The number of hydrogen-bond donors (Lipinski definition) is 2. The van der Waals surface area contributed by atoms with E-state index in [0.29, 0.717) is 13.0 Å². The fourth-order valence-corrected chi connectivity index (χ4v) is 3.11. The number of nitrogens with zero attached hydrogens (tertiary/aromatic N) is 5. The number of guanidine groups is 1. The maximum absolute atomic E-state index is 12.3. The lowest BCUT2D eigenvalue weighted by Crippen LogP contribution is -2.44. The largest absolute Gasteiger partial charge is 0.357 e. The molecule has 1 atom stereocenters. The molecule has 3 rings (SSSR count). The third-order valence-corrected chi connectivity index (χ3v) is 4.44. The molecule has 0 bridgehead atoms. The molecule has 152 valence electrons. The van der Waals surface area contributed by atoms with Gasteiger partial charge in [0.2, 0.25) is 5.91 Å². The van der Waals surface area contributed by atoms with Gasteiger partial charge in [-0.25, -0.2) is 0 Å². The van der Waals surface area contributed by atoms with Crippen LogP contribution in [-0.2, 0) is 11.3 Å². The Labute approximate surface area is 182 Å². The van der Waals surface area contributed by atoms with Crippen LogP contribution in [-0.4, -0.2) is 52.3 Å². The minimum Gasteiger partial charge on any atom is -0.357 e. The monoisotopic (exact) mass is 497 g/mol. The van der Waals surface area contributed by atoms with Crippen molar-refractivity contribution in [2.75, 3.05) is 24.5 Å². The number of halogens is 1. The predicted molar refractivity (Wildman–Crippen MR) is 121 cm³/mol. The molecule has 2 N–H and O–H groups in total. The summed E-state index contributed by atoms with van der Waals surface area (Å²) >= 11 is 0. The minimum atomic E-state index is 0. The zero-order valence-electron chi connectivity index (χ0n) is 16.1. The fourth-order valence-electron chi connectivity index (χ4n) is 3.11. The zero-order chi connectivity index (χ0) is 18.9. The van der Waals surface area contributed by atoms with Gasteiger partial charge in [0, 0.05) is 38.3 Å². The highest BCUT2D eigenvalue weighted by Gasteiger charge is 2.30. The summed E-state index contributed by atoms with van der Waals surface area (Å²) in [5.41, 5.74) is 0.947. The summed E-state index contributed by atoms with van der Waals surface area (Å²) in [6, 6.07) is 9.86. The molecule has 1 aromatic carbocycles. The molecule has 28 heavy (non-hydrogen) atoms. The van der Waals surface area contributed by atoms with Crippen LogP contribution in [0.2, 0.25) is 0 Å². The van der Waals surface area contributed by atoms with Gasteiger partial charge in [0.1, 0.15) is 12.7 Å². The Balaban J connectivity index is 0.00000280. The van der Waals surface area contributed by atoms with E-state index < -0.39 is 0 Å². The Morgan fingerprint density at radius 1 is 1.21 bits per heavy atom. The van der Waals surface area contributed by atoms with Crippen LogP contribution in [0.4, 0.5) is 5.69 Å². The standard InChI is InChI=1S/C19H27N7O.HI/c1-2-20-19(21-10-6-7-11-25-14-22-23-15-25)24-16-12-18(27)26(13-16)17-8-4-3-5-9-17;/h3-5,8-9,14-16H,2,6-7,10-13H2,1H3,(H2,20,21,24);1H. The molecule has 1 aliphatic heterocycles. The molecule has 1 unspecified atom stereocenters. The number of aryl methyl sites for hydroxylation is 1. The number of hydrogen-bond acceptors (Lipinski definition) is 4. The Bertz CT molecular complexity index is 736. The van der Waals surface area contributed by atoms with Gasteiger partial charge in [-0.3, -0.25) is 9.79 Å². The van der Waals surface area contributed by atoms with Crippen molar-refractivity contribution in [3.05, 3.63) is 43.0 Å². The SMILES string of the molecule is CCNC(=NCCCCn1cnnc1)NC1CC(=O)N(c2ccccc2)C1.I. The third kappa shape index (κ3) is 6.47. The van der Waals surface area contributed by atoms with Crippen LogP contribution in [0, 0.1) is 0 Å². The minimum absolute atomic E-state index is 0. The first-order chi connectivity index (χ1) is 13.3. The van der Waals surface area contributed by atoms with Crippen molar-refractivity contribution in [3.63, 3.8) is 0 Å². The summed E-state index contributed by atoms with van der Waals surface area (Å²) in [6.07, 6.45) is 5.93. The predicted octanol–water partition coefficient (Wildman–Crippen LogP) is 2.04. The van der Waals surface area contributed by atoms with Gasteiger partial charge in [0.15, 0.2) is 5.96 Å². The second kappa shape index (κ2) is 11.6. The highest BCUT2D eigenvalue weighted by atomic mass is 127. The van der Waals surface area contributed by atoms with Crippen LogP contribution < -0.4 is 15.5 Å². The van der Waals surface area contributed by atoms with Crippen LogP contribution >= 0.6 is 24.0 Å². The van der Waals surface area contributed by atoms with E-state index in [1.807, 2.05) is 46.7 Å². The molecule has 9 heteroatoms. The molecular formula is C19H28IN7O. The first-order valence-electron chi connectivity index (χ1n) is 9.49. The van der Waals surface area contributed by atoms with Gasteiger partial charge in [0.25, 0.3) is 0 Å². The van der Waals surface area contributed by atoms with E-state index in [0.717, 1.165) is 44.1 Å². The van der Waals surface area contributed by atoms with Crippen LogP contribution in [0.1, 0.15) is 26.2 Å². The van der Waals surface area contributed by atoms with E-state index in [1.54, 1.807) is 12.7 Å². The van der Waals surface area contributed by atoms with Gasteiger partial charge >= 0.3 is 0 Å². The van der Waals surface area contributed by atoms with Gasteiger partial charge in [0.05, 0.1) is 6.04 Å². The van der Waals surface area contributed by atoms with Gasteiger partial charge in [-0.2, -0.15) is 0 Å². The number of unbranched alkanes of at least 4 members (excludes halogenated alkanes) is 1. The van der Waals surface area contributed by atoms with E-state index in [2.05, 4.69) is 25.8 Å². The summed E-state index contributed by atoms with van der Waals surface area (Å²) in [5, 5.41) is 14.3. The number of rotatable bonds is 8. The maximum atomic E-state index is 12.3. The normalized spacial score (nSPS) is 16.8. The Kier molecular flexibility index (Phi) is 9.18. The quantitative estimate of drug-likeness (QED) is 0.252. The lowest BCUT2D eigenvalue weighted by molar-refractivity contribution is -0.117. The van der Waals surface area contributed by atoms with Crippen molar-refractivity contribution in [1.82, 2.24) is 25.4 Å². The van der Waals surface area contributed by atoms with Gasteiger partial charge in [-0.1, -0.05) is 18.2 Å². The lowest BCUT2D eigenvalue weighted by atomic mass is 10.2. The highest BCUT2D eigenvalue weighted by molar-refractivity contribution is 14.0. The lowest BCUT2D eigenvalue weighted by Gasteiger charge is -2.19. The van der Waals surface area contributed by atoms with E-state index in [-0.39, 0.29) is 35.9 Å². The number of amides is 1. The summed E-state index contributed by atoms with van der Waals surface area (Å²) in [6.45, 7) is 5.12. The smallest absolute Gasteiger partial charge is 0.229 e. The summed E-state index contributed by atoms with van der Waals surface area (Å²) in [5.74, 6) is 0.915. The molecule has 1 amide bonds. The van der Waals surface area contributed by atoms with E-state index in [9.17, 15) is 4.79 Å². The molecule has 1 aromatic heterocycles. The Morgan fingerprint density at radius 3 is 2.68 bits per heavy atom. The van der Waals surface area contributed by atoms with Gasteiger partial charge < -0.3 is 20.1 Å². The van der Waals surface area contributed by atoms with Crippen molar-refractivity contribution >= 4 is 41.5 Å². The van der Waals surface area contributed by atoms with Crippen LogP contribution in [0.25, 0.3) is 0 Å². The molecule has 8 nitrogen and oxygen atoms in total. The average Bonchev–Trinajstić information content (AvgIpc) is 3.32. The van der Waals surface area contributed by atoms with E-state index in [4.69, 9.17) is 0 Å². The number of anilines is 1. The van der Waals surface area contributed by atoms with Gasteiger partial charge in [-0.15, -0.1) is 34.2 Å². The van der Waals surface area contributed by atoms with Crippen molar-refractivity contribution in [3.8, 4) is 0 Å². The Morgan fingerprint density at radius 2 is 1.96 bits per heavy atom. The van der Waals surface area contributed by atoms with E-state index in [1.165, 1.54) is 0 Å². The number of aliphatic imine (C=N–C) groups is 1. The molecule has 1 saturated heterocycles. The molecule has 1 fully saturated rings. The van der Waals surface area contributed by atoms with Gasteiger partial charge in [-0.05, 0) is 31.9 Å². The van der Waals surface area contributed by atoms with Crippen molar-refractivity contribution in [1.29, 1.82) is 0 Å². The molecule has 2 aromatic rings. The topological polar surface area (TPSA) is 87.4 Å². The van der Waals surface area contributed by atoms with Crippen LogP contribution in [0.5, 0.6) is 0 Å². The molecule has 2 heterocycles. The second-order valence-electron chi connectivity index (χ2n) is 6.55. The number of nitrogens with one attached hydrogen (secondary N) is 2. The average molecular weight is 497 g/mol. The molecule has 0 radical (unpaired) electrons. The number of para-hydroxylation sites is 1. The van der Waals surface area contributed by atoms with Crippen molar-refractivity contribution < 1.29 is 4.79 Å². The molecular weight excluding hydrogens is 469 g/mol. The summed E-state index contributed by atoms with van der Waals surface area (Å²) in [7, 11) is 0. The summed E-state index contributed by atoms with van der Waals surface area (Å²) < 4.78 is 1.97. The third-order valence-electron chi connectivity index (χ3n) is 4.44. The number of carbonyl (C=O) groups is 1. The number of carbonyl (C=O) groups excluding carboxylic acids is 1. The highest BCUT2D eigenvalue weighted by Crippen LogP contribution is 2.20. The Hall–Kier alpha value is -2.17. The molecule has 0 aliphatic carbocycles. The first-order valence-corrected chi connectivity index (χ1v) is 9.49. The van der Waals surface area contributed by atoms with Crippen LogP contribution in [0.15, 0.2) is 48.0 Å². The summed E-state index contributed by atoms with van der Waals surface area (Å²) in [4.78, 5) is 18.8.